The van der Waals surface area contributed by atoms with Crippen molar-refractivity contribution in [3.63, 3.8) is 0 Å². The summed E-state index contributed by atoms with van der Waals surface area (Å²) in [4.78, 5) is 8.29. The van der Waals surface area contributed by atoms with Gasteiger partial charge in [0, 0.05) is 16.0 Å². The van der Waals surface area contributed by atoms with Crippen LogP contribution < -0.4 is 16.6 Å². The zero-order valence-corrected chi connectivity index (χ0v) is 11.2. The second kappa shape index (κ2) is 4.83. The number of anilines is 3. The molecule has 5 nitrogen and oxygen atoms in total. The zero-order valence-electron chi connectivity index (χ0n) is 10.3. The summed E-state index contributed by atoms with van der Waals surface area (Å²) in [7, 11) is 0. The molecule has 2 heterocycles. The molecule has 0 atom stereocenters. The molecule has 6 heteroatoms. The van der Waals surface area contributed by atoms with Crippen molar-refractivity contribution in [3.8, 4) is 0 Å². The maximum absolute atomic E-state index is 5.41. The number of fused-ring (bicyclic) bond motifs is 1. The molecule has 0 aliphatic rings. The molecular formula is C13H13N5S. The van der Waals surface area contributed by atoms with Crippen LogP contribution in [-0.2, 0) is 0 Å². The Labute approximate surface area is 114 Å². The van der Waals surface area contributed by atoms with Crippen LogP contribution in [-0.4, -0.2) is 9.97 Å². The first-order valence-electron chi connectivity index (χ1n) is 5.80. The van der Waals surface area contributed by atoms with E-state index >= 15 is 0 Å². The highest BCUT2D eigenvalue weighted by atomic mass is 32.1. The van der Waals surface area contributed by atoms with Crippen molar-refractivity contribution in [1.29, 1.82) is 0 Å². The Balaban J connectivity index is 1.96. The molecule has 0 aliphatic heterocycles. The van der Waals surface area contributed by atoms with Gasteiger partial charge in [-0.15, -0.1) is 11.3 Å². The molecule has 0 radical (unpaired) electrons. The van der Waals surface area contributed by atoms with Crippen LogP contribution >= 0.6 is 11.3 Å². The van der Waals surface area contributed by atoms with Crippen LogP contribution in [0.25, 0.3) is 10.1 Å². The summed E-state index contributed by atoms with van der Waals surface area (Å²) >= 11 is 1.73. The van der Waals surface area contributed by atoms with E-state index in [4.69, 9.17) is 5.84 Å². The van der Waals surface area contributed by atoms with Crippen molar-refractivity contribution in [2.24, 2.45) is 5.84 Å². The van der Waals surface area contributed by atoms with Crippen LogP contribution in [0, 0.1) is 6.92 Å². The second-order valence-electron chi connectivity index (χ2n) is 4.14. The van der Waals surface area contributed by atoms with Crippen molar-refractivity contribution in [2.45, 2.75) is 6.92 Å². The number of nitrogens with two attached hydrogens (primary N) is 1. The first-order chi connectivity index (χ1) is 9.28. The molecule has 0 unspecified atom stereocenters. The highest BCUT2D eigenvalue weighted by Crippen LogP contribution is 2.27. The van der Waals surface area contributed by atoms with E-state index < -0.39 is 0 Å². The van der Waals surface area contributed by atoms with Crippen LogP contribution in [0.1, 0.15) is 5.56 Å². The van der Waals surface area contributed by atoms with Gasteiger partial charge >= 0.3 is 0 Å². The average Bonchev–Trinajstić information content (AvgIpc) is 2.88. The maximum Gasteiger partial charge on any atom is 0.148 e. The Morgan fingerprint density at radius 1 is 1.16 bits per heavy atom. The summed E-state index contributed by atoms with van der Waals surface area (Å²) in [6.45, 7) is 1.92. The van der Waals surface area contributed by atoms with Gasteiger partial charge in [0.15, 0.2) is 0 Å². The van der Waals surface area contributed by atoms with E-state index in [2.05, 4.69) is 44.3 Å². The molecule has 2 aromatic heterocycles. The lowest BCUT2D eigenvalue weighted by Crippen LogP contribution is -2.11. The predicted octanol–water partition coefficient (Wildman–Crippen LogP) is 3.03. The molecular weight excluding hydrogens is 258 g/mol. The number of hydrazine groups is 1. The third-order valence-electron chi connectivity index (χ3n) is 2.94. The molecule has 0 saturated heterocycles. The molecule has 0 spiro atoms. The van der Waals surface area contributed by atoms with E-state index in [0.717, 1.165) is 17.1 Å². The van der Waals surface area contributed by atoms with Crippen LogP contribution in [0.5, 0.6) is 0 Å². The zero-order chi connectivity index (χ0) is 13.2. The summed E-state index contributed by atoms with van der Waals surface area (Å²) in [6, 6.07) is 8.34. The fourth-order valence-corrected chi connectivity index (χ4v) is 2.67. The molecule has 1 aromatic carbocycles. The fourth-order valence-electron chi connectivity index (χ4n) is 1.90. The molecule has 19 heavy (non-hydrogen) atoms. The highest BCUT2D eigenvalue weighted by Gasteiger charge is 2.06. The number of nitrogens with zero attached hydrogens (tertiary/aromatic N) is 2. The summed E-state index contributed by atoms with van der Waals surface area (Å²) in [5.41, 5.74) is 4.44. The summed E-state index contributed by atoms with van der Waals surface area (Å²) in [6.07, 6.45) is 1.48. The first-order valence-corrected chi connectivity index (χ1v) is 6.68. The highest BCUT2D eigenvalue weighted by molar-refractivity contribution is 7.17. The van der Waals surface area contributed by atoms with Crippen molar-refractivity contribution in [3.05, 3.63) is 41.5 Å². The quantitative estimate of drug-likeness (QED) is 0.504. The number of benzene rings is 1. The molecule has 3 aromatic rings. The molecule has 0 fully saturated rings. The van der Waals surface area contributed by atoms with Gasteiger partial charge in [-0.3, -0.25) is 0 Å². The van der Waals surface area contributed by atoms with Gasteiger partial charge in [-0.25, -0.2) is 15.8 Å². The SMILES string of the molecule is Cc1c(NN)ncnc1Nc1ccc2sccc2c1. The minimum Gasteiger partial charge on any atom is -0.340 e. The lowest BCUT2D eigenvalue weighted by atomic mass is 10.2. The second-order valence-corrected chi connectivity index (χ2v) is 5.09. The van der Waals surface area contributed by atoms with Gasteiger partial charge in [0.1, 0.15) is 18.0 Å². The number of thiophene rings is 1. The van der Waals surface area contributed by atoms with E-state index in [1.807, 2.05) is 13.0 Å². The van der Waals surface area contributed by atoms with Gasteiger partial charge in [-0.2, -0.15) is 0 Å². The van der Waals surface area contributed by atoms with E-state index in [1.165, 1.54) is 16.4 Å². The van der Waals surface area contributed by atoms with Crippen molar-refractivity contribution < 1.29 is 0 Å². The number of nitrogen functional groups attached to an aromatic ring is 1. The van der Waals surface area contributed by atoms with Crippen molar-refractivity contribution in [2.75, 3.05) is 10.7 Å². The monoisotopic (exact) mass is 271 g/mol. The van der Waals surface area contributed by atoms with Gasteiger partial charge in [-0.1, -0.05) is 0 Å². The topological polar surface area (TPSA) is 75.9 Å². The third-order valence-corrected chi connectivity index (χ3v) is 3.83. The molecule has 4 N–H and O–H groups in total. The molecule has 0 amide bonds. The normalized spacial score (nSPS) is 10.6. The summed E-state index contributed by atoms with van der Waals surface area (Å²) in [5.74, 6) is 6.77. The van der Waals surface area contributed by atoms with E-state index in [-0.39, 0.29) is 0 Å². The fraction of sp³-hybridized carbons (Fsp3) is 0.0769. The van der Waals surface area contributed by atoms with Gasteiger partial charge in [0.2, 0.25) is 0 Å². The minimum absolute atomic E-state index is 0.620. The maximum atomic E-state index is 5.41. The number of aromatic nitrogens is 2. The molecule has 3 rings (SSSR count). The standard InChI is InChI=1S/C13H13N5S/c1-8-12(15-7-16-13(8)18-14)17-10-2-3-11-9(6-10)4-5-19-11/h2-7H,14H2,1H3,(H2,15,16,17,18). The van der Waals surface area contributed by atoms with Crippen LogP contribution in [0.2, 0.25) is 0 Å². The minimum atomic E-state index is 0.620. The van der Waals surface area contributed by atoms with Gasteiger partial charge in [0.05, 0.1) is 0 Å². The van der Waals surface area contributed by atoms with E-state index in [9.17, 15) is 0 Å². The third kappa shape index (κ3) is 2.23. The number of nitrogens with one attached hydrogen (secondary N) is 2. The molecule has 0 bridgehead atoms. The lowest BCUT2D eigenvalue weighted by Gasteiger charge is -2.10. The van der Waals surface area contributed by atoms with Crippen molar-refractivity contribution in [1.82, 2.24) is 9.97 Å². The Kier molecular flexibility index (Phi) is 3.02. The van der Waals surface area contributed by atoms with E-state index in [0.29, 0.717) is 5.82 Å². The summed E-state index contributed by atoms with van der Waals surface area (Å²) in [5, 5.41) is 6.59. The Bertz CT molecular complexity index is 722. The number of hydrogen-bond acceptors (Lipinski definition) is 6. The summed E-state index contributed by atoms with van der Waals surface area (Å²) < 4.78 is 1.27. The number of rotatable bonds is 3. The smallest absolute Gasteiger partial charge is 0.148 e. The van der Waals surface area contributed by atoms with Crippen LogP contribution in [0.15, 0.2) is 36.0 Å². The van der Waals surface area contributed by atoms with Crippen molar-refractivity contribution >= 4 is 38.7 Å². The Morgan fingerprint density at radius 3 is 2.84 bits per heavy atom. The van der Waals surface area contributed by atoms with E-state index in [1.54, 1.807) is 11.3 Å². The van der Waals surface area contributed by atoms with Gasteiger partial charge in [0.25, 0.3) is 0 Å². The Hall–Kier alpha value is -2.18. The van der Waals surface area contributed by atoms with Crippen LogP contribution in [0.3, 0.4) is 0 Å². The van der Waals surface area contributed by atoms with Gasteiger partial charge in [-0.05, 0) is 42.0 Å². The molecule has 0 aliphatic carbocycles. The predicted molar refractivity (Wildman–Crippen MR) is 79.7 cm³/mol. The first kappa shape index (κ1) is 11.9. The lowest BCUT2D eigenvalue weighted by molar-refractivity contribution is 1.11. The largest absolute Gasteiger partial charge is 0.340 e. The number of hydrogen-bond donors (Lipinski definition) is 3. The molecule has 0 saturated carbocycles. The average molecular weight is 271 g/mol. The molecule has 96 valence electrons. The van der Waals surface area contributed by atoms with Gasteiger partial charge < -0.3 is 10.7 Å². The Morgan fingerprint density at radius 2 is 2.00 bits per heavy atom. The van der Waals surface area contributed by atoms with Crippen LogP contribution in [0.4, 0.5) is 17.3 Å².